The Balaban J connectivity index is 2.31. The zero-order valence-electron chi connectivity index (χ0n) is 9.34. The molecule has 1 heterocycles. The van der Waals surface area contributed by atoms with Crippen LogP contribution in [0.5, 0.6) is 0 Å². The number of aromatic nitrogens is 1. The van der Waals surface area contributed by atoms with Crippen LogP contribution in [0.25, 0.3) is 0 Å². The predicted molar refractivity (Wildman–Crippen MR) is 62.9 cm³/mol. The standard InChI is InChI=1S/C11H20N2S/c1-4-10(12-5-2)6-7-11-8-14-9(3)13-11/h8,10,12H,4-7H2,1-3H3. The van der Waals surface area contributed by atoms with E-state index >= 15 is 0 Å². The van der Waals surface area contributed by atoms with Crippen molar-refractivity contribution in [2.45, 2.75) is 46.1 Å². The van der Waals surface area contributed by atoms with Crippen LogP contribution in [-0.4, -0.2) is 17.6 Å². The van der Waals surface area contributed by atoms with E-state index in [9.17, 15) is 0 Å². The van der Waals surface area contributed by atoms with Gasteiger partial charge in [-0.3, -0.25) is 0 Å². The van der Waals surface area contributed by atoms with Gasteiger partial charge in [-0.05, 0) is 32.7 Å². The Kier molecular flexibility index (Phi) is 5.12. The van der Waals surface area contributed by atoms with Crippen molar-refractivity contribution in [1.29, 1.82) is 0 Å². The highest BCUT2D eigenvalue weighted by molar-refractivity contribution is 7.09. The lowest BCUT2D eigenvalue weighted by Gasteiger charge is -2.14. The summed E-state index contributed by atoms with van der Waals surface area (Å²) in [4.78, 5) is 4.47. The first kappa shape index (κ1) is 11.7. The normalized spacial score (nSPS) is 13.1. The van der Waals surface area contributed by atoms with Crippen molar-refractivity contribution in [3.05, 3.63) is 16.1 Å². The lowest BCUT2D eigenvalue weighted by molar-refractivity contribution is 0.479. The monoisotopic (exact) mass is 212 g/mol. The molecule has 0 saturated carbocycles. The van der Waals surface area contributed by atoms with Crippen molar-refractivity contribution in [2.24, 2.45) is 0 Å². The molecule has 0 radical (unpaired) electrons. The van der Waals surface area contributed by atoms with Crippen molar-refractivity contribution < 1.29 is 0 Å². The predicted octanol–water partition coefficient (Wildman–Crippen LogP) is 2.77. The zero-order chi connectivity index (χ0) is 10.4. The topological polar surface area (TPSA) is 24.9 Å². The molecule has 0 bridgehead atoms. The molecule has 0 fully saturated rings. The van der Waals surface area contributed by atoms with E-state index in [-0.39, 0.29) is 0 Å². The SMILES string of the molecule is CCNC(CC)CCc1csc(C)n1. The molecule has 0 amide bonds. The molecule has 0 aromatic carbocycles. The molecular formula is C11H20N2S. The van der Waals surface area contributed by atoms with Crippen LogP contribution in [0.3, 0.4) is 0 Å². The minimum absolute atomic E-state index is 0.655. The van der Waals surface area contributed by atoms with E-state index in [0.29, 0.717) is 6.04 Å². The highest BCUT2D eigenvalue weighted by Crippen LogP contribution is 2.11. The molecule has 0 aliphatic carbocycles. The maximum atomic E-state index is 4.47. The molecule has 1 unspecified atom stereocenters. The third-order valence-corrected chi connectivity index (χ3v) is 3.22. The van der Waals surface area contributed by atoms with E-state index in [1.165, 1.54) is 23.5 Å². The van der Waals surface area contributed by atoms with Gasteiger partial charge in [-0.25, -0.2) is 4.98 Å². The highest BCUT2D eigenvalue weighted by Gasteiger charge is 2.05. The lowest BCUT2D eigenvalue weighted by atomic mass is 10.1. The third kappa shape index (κ3) is 3.76. The molecule has 1 atom stereocenters. The number of nitrogens with one attached hydrogen (secondary N) is 1. The molecule has 1 aromatic heterocycles. The van der Waals surface area contributed by atoms with E-state index in [4.69, 9.17) is 0 Å². The van der Waals surface area contributed by atoms with E-state index in [2.05, 4.69) is 36.5 Å². The first-order valence-electron chi connectivity index (χ1n) is 5.40. The van der Waals surface area contributed by atoms with E-state index < -0.39 is 0 Å². The number of thiazole rings is 1. The van der Waals surface area contributed by atoms with Crippen LogP contribution in [0.1, 0.15) is 37.4 Å². The molecule has 3 heteroatoms. The maximum Gasteiger partial charge on any atom is 0.0897 e. The Morgan fingerprint density at radius 3 is 2.79 bits per heavy atom. The fraction of sp³-hybridized carbons (Fsp3) is 0.727. The number of rotatable bonds is 6. The van der Waals surface area contributed by atoms with Gasteiger partial charge in [0.25, 0.3) is 0 Å². The largest absolute Gasteiger partial charge is 0.314 e. The molecule has 1 rings (SSSR count). The van der Waals surface area contributed by atoms with Gasteiger partial charge in [0.15, 0.2) is 0 Å². The number of nitrogens with zero attached hydrogens (tertiary/aromatic N) is 1. The second-order valence-corrected chi connectivity index (χ2v) is 4.62. The van der Waals surface area contributed by atoms with Gasteiger partial charge in [-0.15, -0.1) is 11.3 Å². The van der Waals surface area contributed by atoms with Crippen LogP contribution in [-0.2, 0) is 6.42 Å². The third-order valence-electron chi connectivity index (χ3n) is 2.40. The number of aryl methyl sites for hydroxylation is 2. The van der Waals surface area contributed by atoms with Crippen LogP contribution >= 0.6 is 11.3 Å². The van der Waals surface area contributed by atoms with Gasteiger partial charge in [-0.2, -0.15) is 0 Å². The van der Waals surface area contributed by atoms with Gasteiger partial charge < -0.3 is 5.32 Å². The minimum Gasteiger partial charge on any atom is -0.314 e. The molecular weight excluding hydrogens is 192 g/mol. The van der Waals surface area contributed by atoms with Crippen molar-refractivity contribution in [3.8, 4) is 0 Å². The van der Waals surface area contributed by atoms with Gasteiger partial charge >= 0.3 is 0 Å². The molecule has 0 spiro atoms. The molecule has 14 heavy (non-hydrogen) atoms. The molecule has 0 aliphatic heterocycles. The van der Waals surface area contributed by atoms with Crippen molar-refractivity contribution in [1.82, 2.24) is 10.3 Å². The van der Waals surface area contributed by atoms with E-state index in [0.717, 1.165) is 13.0 Å². The minimum atomic E-state index is 0.655. The molecule has 0 saturated heterocycles. The summed E-state index contributed by atoms with van der Waals surface area (Å²) in [6.45, 7) is 7.53. The van der Waals surface area contributed by atoms with Gasteiger partial charge in [0.2, 0.25) is 0 Å². The van der Waals surface area contributed by atoms with E-state index in [1.54, 1.807) is 11.3 Å². The summed E-state index contributed by atoms with van der Waals surface area (Å²) >= 11 is 1.75. The second-order valence-electron chi connectivity index (χ2n) is 3.56. The van der Waals surface area contributed by atoms with Gasteiger partial charge in [0, 0.05) is 11.4 Å². The Hall–Kier alpha value is -0.410. The maximum absolute atomic E-state index is 4.47. The van der Waals surface area contributed by atoms with Crippen molar-refractivity contribution in [3.63, 3.8) is 0 Å². The molecule has 1 aromatic rings. The van der Waals surface area contributed by atoms with Gasteiger partial charge in [0.1, 0.15) is 0 Å². The van der Waals surface area contributed by atoms with Gasteiger partial charge in [0.05, 0.1) is 10.7 Å². The summed E-state index contributed by atoms with van der Waals surface area (Å²) in [5.41, 5.74) is 1.25. The fourth-order valence-corrected chi connectivity index (χ4v) is 2.23. The van der Waals surface area contributed by atoms with Crippen molar-refractivity contribution >= 4 is 11.3 Å². The zero-order valence-corrected chi connectivity index (χ0v) is 10.2. The summed E-state index contributed by atoms with van der Waals surface area (Å²) in [6, 6.07) is 0.655. The molecule has 0 aliphatic rings. The van der Waals surface area contributed by atoms with Crippen LogP contribution in [0.15, 0.2) is 5.38 Å². The van der Waals surface area contributed by atoms with E-state index in [1.807, 2.05) is 0 Å². The lowest BCUT2D eigenvalue weighted by Crippen LogP contribution is -2.28. The molecule has 80 valence electrons. The first-order chi connectivity index (χ1) is 6.76. The summed E-state index contributed by atoms with van der Waals surface area (Å²) in [5.74, 6) is 0. The average molecular weight is 212 g/mol. The van der Waals surface area contributed by atoms with Crippen LogP contribution in [0, 0.1) is 6.92 Å². The Labute approximate surface area is 90.8 Å². The number of hydrogen-bond donors (Lipinski definition) is 1. The average Bonchev–Trinajstić information content (AvgIpc) is 2.59. The smallest absolute Gasteiger partial charge is 0.0897 e. The second kappa shape index (κ2) is 6.14. The fourth-order valence-electron chi connectivity index (χ4n) is 1.58. The van der Waals surface area contributed by atoms with Crippen LogP contribution in [0.4, 0.5) is 0 Å². The molecule has 1 N–H and O–H groups in total. The number of hydrogen-bond acceptors (Lipinski definition) is 3. The molecule has 2 nitrogen and oxygen atoms in total. The Morgan fingerprint density at radius 2 is 2.29 bits per heavy atom. The van der Waals surface area contributed by atoms with Crippen LogP contribution in [0.2, 0.25) is 0 Å². The van der Waals surface area contributed by atoms with Crippen LogP contribution < -0.4 is 5.32 Å². The summed E-state index contributed by atoms with van der Waals surface area (Å²) in [6.07, 6.45) is 3.51. The summed E-state index contributed by atoms with van der Waals surface area (Å²) in [5, 5.41) is 6.84. The Bertz CT molecular complexity index is 258. The summed E-state index contributed by atoms with van der Waals surface area (Å²) in [7, 11) is 0. The quantitative estimate of drug-likeness (QED) is 0.784. The van der Waals surface area contributed by atoms with Crippen molar-refractivity contribution in [2.75, 3.05) is 6.54 Å². The summed E-state index contributed by atoms with van der Waals surface area (Å²) < 4.78 is 0. The first-order valence-corrected chi connectivity index (χ1v) is 6.28. The Morgan fingerprint density at radius 1 is 1.50 bits per heavy atom. The highest BCUT2D eigenvalue weighted by atomic mass is 32.1. The van der Waals surface area contributed by atoms with Gasteiger partial charge in [-0.1, -0.05) is 13.8 Å².